The zero-order chi connectivity index (χ0) is 25.6. The summed E-state index contributed by atoms with van der Waals surface area (Å²) >= 11 is 0. The molecule has 0 spiro atoms. The summed E-state index contributed by atoms with van der Waals surface area (Å²) in [6.07, 6.45) is 18.6. The predicted molar refractivity (Wildman–Crippen MR) is 164 cm³/mol. The maximum Gasteiger partial charge on any atom is 0.0560 e. The Balaban J connectivity index is 1.36. The summed E-state index contributed by atoms with van der Waals surface area (Å²) in [4.78, 5) is 0. The summed E-state index contributed by atoms with van der Waals surface area (Å²) in [5, 5.41) is 4.74. The van der Waals surface area contributed by atoms with E-state index in [1.54, 1.807) is 0 Å². The summed E-state index contributed by atoms with van der Waals surface area (Å²) < 4.78 is 2.48. The van der Waals surface area contributed by atoms with Crippen molar-refractivity contribution in [1.29, 1.82) is 0 Å². The maximum absolute atomic E-state index is 3.49. The molecule has 1 unspecified atom stereocenters. The molecule has 0 bridgehead atoms. The van der Waals surface area contributed by atoms with Gasteiger partial charge < -0.3 is 9.88 Å². The van der Waals surface area contributed by atoms with Crippen molar-refractivity contribution < 1.29 is 0 Å². The van der Waals surface area contributed by atoms with Gasteiger partial charge in [0.15, 0.2) is 0 Å². The predicted octanol–water partition coefficient (Wildman–Crippen LogP) is 9.62. The van der Waals surface area contributed by atoms with Crippen LogP contribution in [0.5, 0.6) is 0 Å². The Morgan fingerprint density at radius 2 is 1.37 bits per heavy atom. The number of allylic oxidation sites excluding steroid dienone is 4. The van der Waals surface area contributed by atoms with Crippen molar-refractivity contribution in [3.8, 4) is 11.1 Å². The number of benzene rings is 4. The first kappa shape index (κ1) is 23.6. The first-order chi connectivity index (χ1) is 18.9. The standard InChI is InChI=1S/C36H30N2/c1-4-12-28(13-5-1)20-25-36-34(33-18-10-11-19-35(33)38(36)32-16-8-3-9-17-32)26-27-37-31-23-21-30(22-24-31)29-14-6-2-7-15-29/h1-16,18-27,32,37H,17H2/b25-20-,27-26+. The van der Waals surface area contributed by atoms with Gasteiger partial charge in [-0.1, -0.05) is 121 Å². The molecule has 1 aliphatic rings. The molecule has 1 aliphatic carbocycles. The Bertz CT molecular complexity index is 1630. The molecule has 1 atom stereocenters. The molecular formula is C36H30N2. The molecule has 0 saturated carbocycles. The van der Waals surface area contributed by atoms with Gasteiger partial charge in [0.05, 0.1) is 6.04 Å². The quantitative estimate of drug-likeness (QED) is 0.240. The van der Waals surface area contributed by atoms with Crippen LogP contribution in [-0.4, -0.2) is 4.57 Å². The smallest absolute Gasteiger partial charge is 0.0560 e. The molecule has 2 nitrogen and oxygen atoms in total. The maximum atomic E-state index is 3.49. The molecule has 6 rings (SSSR count). The largest absolute Gasteiger partial charge is 0.362 e. The SMILES string of the molecule is C1=CCC(n2c(/C=C\c3ccccc3)c(/C=C/Nc3ccc(-c4ccccc4)cc3)c3ccccc32)C=C1. The monoisotopic (exact) mass is 490 g/mol. The van der Waals surface area contributed by atoms with Crippen molar-refractivity contribution in [3.63, 3.8) is 0 Å². The lowest BCUT2D eigenvalue weighted by Gasteiger charge is -2.19. The molecule has 0 radical (unpaired) electrons. The van der Waals surface area contributed by atoms with E-state index in [2.05, 4.69) is 162 Å². The molecule has 38 heavy (non-hydrogen) atoms. The number of anilines is 1. The Labute approximate surface area is 224 Å². The zero-order valence-electron chi connectivity index (χ0n) is 21.2. The van der Waals surface area contributed by atoms with Crippen LogP contribution in [0.2, 0.25) is 0 Å². The van der Waals surface area contributed by atoms with E-state index in [4.69, 9.17) is 0 Å². The van der Waals surface area contributed by atoms with Crippen molar-refractivity contribution >= 4 is 34.8 Å². The van der Waals surface area contributed by atoms with Crippen LogP contribution in [0.4, 0.5) is 5.69 Å². The number of para-hydroxylation sites is 1. The fraction of sp³-hybridized carbons (Fsp3) is 0.0556. The van der Waals surface area contributed by atoms with E-state index < -0.39 is 0 Å². The number of hydrogen-bond acceptors (Lipinski definition) is 1. The van der Waals surface area contributed by atoms with Crippen LogP contribution in [0, 0.1) is 0 Å². The van der Waals surface area contributed by atoms with Gasteiger partial charge in [-0.05, 0) is 53.5 Å². The molecule has 1 N–H and O–H groups in total. The van der Waals surface area contributed by atoms with Crippen LogP contribution in [0.15, 0.2) is 140 Å². The third-order valence-corrected chi connectivity index (χ3v) is 7.00. The van der Waals surface area contributed by atoms with Gasteiger partial charge in [0, 0.05) is 34.0 Å². The molecule has 2 heteroatoms. The lowest BCUT2D eigenvalue weighted by molar-refractivity contribution is 0.625. The van der Waals surface area contributed by atoms with E-state index in [0.717, 1.165) is 12.1 Å². The van der Waals surface area contributed by atoms with Gasteiger partial charge in [-0.15, -0.1) is 0 Å². The van der Waals surface area contributed by atoms with Crippen LogP contribution in [-0.2, 0) is 0 Å². The van der Waals surface area contributed by atoms with E-state index in [0.29, 0.717) is 0 Å². The fourth-order valence-electron chi connectivity index (χ4n) is 5.12. The van der Waals surface area contributed by atoms with E-state index in [-0.39, 0.29) is 6.04 Å². The molecule has 1 heterocycles. The third-order valence-electron chi connectivity index (χ3n) is 7.00. The normalized spacial score (nSPS) is 15.1. The number of nitrogens with zero attached hydrogens (tertiary/aromatic N) is 1. The molecule has 0 saturated heterocycles. The summed E-state index contributed by atoms with van der Waals surface area (Å²) in [6, 6.07) is 38.5. The molecule has 5 aromatic rings. The summed E-state index contributed by atoms with van der Waals surface area (Å²) in [5.74, 6) is 0. The van der Waals surface area contributed by atoms with Gasteiger partial charge in [-0.25, -0.2) is 0 Å². The van der Waals surface area contributed by atoms with Crippen LogP contribution < -0.4 is 5.32 Å². The second-order valence-corrected chi connectivity index (χ2v) is 9.47. The zero-order valence-corrected chi connectivity index (χ0v) is 21.2. The number of hydrogen-bond donors (Lipinski definition) is 1. The van der Waals surface area contributed by atoms with Crippen molar-refractivity contribution in [2.45, 2.75) is 12.5 Å². The number of aromatic nitrogens is 1. The van der Waals surface area contributed by atoms with Crippen molar-refractivity contribution in [2.24, 2.45) is 0 Å². The van der Waals surface area contributed by atoms with Crippen molar-refractivity contribution in [2.75, 3.05) is 5.32 Å². The Morgan fingerprint density at radius 3 is 2.13 bits per heavy atom. The van der Waals surface area contributed by atoms with Gasteiger partial charge in [0.2, 0.25) is 0 Å². The molecule has 0 amide bonds. The third kappa shape index (κ3) is 5.02. The average molecular weight is 491 g/mol. The van der Waals surface area contributed by atoms with Crippen LogP contribution >= 0.6 is 0 Å². The summed E-state index contributed by atoms with van der Waals surface area (Å²) in [6.45, 7) is 0. The van der Waals surface area contributed by atoms with E-state index in [9.17, 15) is 0 Å². The van der Waals surface area contributed by atoms with Gasteiger partial charge in [0.25, 0.3) is 0 Å². The molecule has 0 fully saturated rings. The first-order valence-corrected chi connectivity index (χ1v) is 13.1. The van der Waals surface area contributed by atoms with E-state index in [1.165, 1.54) is 38.9 Å². The lowest BCUT2D eigenvalue weighted by atomic mass is 10.1. The average Bonchev–Trinajstić information content (AvgIpc) is 3.31. The number of nitrogens with one attached hydrogen (secondary N) is 1. The molecular weight excluding hydrogens is 460 g/mol. The van der Waals surface area contributed by atoms with Gasteiger partial charge in [-0.3, -0.25) is 0 Å². The highest BCUT2D eigenvalue weighted by molar-refractivity contribution is 5.95. The number of fused-ring (bicyclic) bond motifs is 1. The highest BCUT2D eigenvalue weighted by atomic mass is 15.0. The van der Waals surface area contributed by atoms with Gasteiger partial charge >= 0.3 is 0 Å². The highest BCUT2D eigenvalue weighted by Gasteiger charge is 2.19. The van der Waals surface area contributed by atoms with Crippen LogP contribution in [0.25, 0.3) is 40.3 Å². The fourth-order valence-corrected chi connectivity index (χ4v) is 5.12. The molecule has 184 valence electrons. The van der Waals surface area contributed by atoms with Crippen molar-refractivity contribution in [3.05, 3.63) is 157 Å². The second kappa shape index (κ2) is 11.1. The minimum Gasteiger partial charge on any atom is -0.362 e. The topological polar surface area (TPSA) is 17.0 Å². The summed E-state index contributed by atoms with van der Waals surface area (Å²) in [5.41, 5.74) is 8.36. The van der Waals surface area contributed by atoms with Gasteiger partial charge in [0.1, 0.15) is 0 Å². The summed E-state index contributed by atoms with van der Waals surface area (Å²) in [7, 11) is 0. The van der Waals surface area contributed by atoms with E-state index in [1.807, 2.05) is 6.07 Å². The van der Waals surface area contributed by atoms with Gasteiger partial charge in [-0.2, -0.15) is 0 Å². The molecule has 4 aromatic carbocycles. The first-order valence-electron chi connectivity index (χ1n) is 13.1. The second-order valence-electron chi connectivity index (χ2n) is 9.47. The molecule has 0 aliphatic heterocycles. The highest BCUT2D eigenvalue weighted by Crippen LogP contribution is 2.34. The minimum absolute atomic E-state index is 0.279. The Kier molecular flexibility index (Phi) is 6.86. The van der Waals surface area contributed by atoms with Crippen LogP contribution in [0.3, 0.4) is 0 Å². The molecule has 1 aromatic heterocycles. The Morgan fingerprint density at radius 1 is 0.658 bits per heavy atom. The number of rotatable bonds is 7. The van der Waals surface area contributed by atoms with E-state index >= 15 is 0 Å². The van der Waals surface area contributed by atoms with Crippen molar-refractivity contribution in [1.82, 2.24) is 4.57 Å². The lowest BCUT2D eigenvalue weighted by Crippen LogP contribution is -2.09. The van der Waals surface area contributed by atoms with Crippen LogP contribution in [0.1, 0.15) is 29.3 Å². The minimum atomic E-state index is 0.279. The Hall–Kier alpha value is -4.82.